The Balaban J connectivity index is 1.91. The quantitative estimate of drug-likeness (QED) is 0.480. The molecular weight excluding hydrogens is 194 g/mol. The second kappa shape index (κ2) is 4.73. The van der Waals surface area contributed by atoms with Crippen molar-refractivity contribution in [3.05, 3.63) is 12.2 Å². The van der Waals surface area contributed by atoms with Gasteiger partial charge in [0.15, 0.2) is 0 Å². The van der Waals surface area contributed by atoms with Gasteiger partial charge in [-0.25, -0.2) is 0 Å². The van der Waals surface area contributed by atoms with Crippen LogP contribution in [0.15, 0.2) is 17.1 Å². The molecule has 0 atom stereocenters. The van der Waals surface area contributed by atoms with Crippen LogP contribution in [0.3, 0.4) is 0 Å². The molecule has 0 aromatic heterocycles. The molecule has 2 saturated carbocycles. The molecule has 90 valence electrons. The molecule has 2 rings (SSSR count). The van der Waals surface area contributed by atoms with E-state index in [1.54, 1.807) is 0 Å². The smallest absolute Gasteiger partial charge is 0.0601 e. The standard InChI is InChI=1S/C15H25N/c1-4-5-13(3)16-11-12(2)15-8-6-14(10-15)7-9-15/h14H,2,4-11H2,1,3H3/b16-13+. The monoisotopic (exact) mass is 219 g/mol. The second-order valence-corrected chi connectivity index (χ2v) is 5.83. The molecule has 1 heteroatoms. The van der Waals surface area contributed by atoms with Gasteiger partial charge in [0.25, 0.3) is 0 Å². The van der Waals surface area contributed by atoms with Crippen LogP contribution in [-0.2, 0) is 0 Å². The Morgan fingerprint density at radius 2 is 2.06 bits per heavy atom. The van der Waals surface area contributed by atoms with Crippen molar-refractivity contribution in [1.29, 1.82) is 0 Å². The Bertz CT molecular complexity index is 293. The molecule has 0 radical (unpaired) electrons. The molecule has 0 aromatic carbocycles. The van der Waals surface area contributed by atoms with Crippen molar-refractivity contribution in [2.24, 2.45) is 16.3 Å². The number of rotatable bonds is 5. The van der Waals surface area contributed by atoms with Crippen LogP contribution in [0.4, 0.5) is 0 Å². The Morgan fingerprint density at radius 1 is 1.38 bits per heavy atom. The topological polar surface area (TPSA) is 12.4 Å². The molecule has 0 aromatic rings. The molecule has 2 fully saturated rings. The lowest BCUT2D eigenvalue weighted by atomic mass is 9.78. The van der Waals surface area contributed by atoms with Crippen molar-refractivity contribution in [2.75, 3.05) is 6.54 Å². The normalized spacial score (nSPS) is 33.4. The van der Waals surface area contributed by atoms with E-state index in [1.807, 2.05) is 0 Å². The summed E-state index contributed by atoms with van der Waals surface area (Å²) in [4.78, 5) is 4.69. The van der Waals surface area contributed by atoms with Gasteiger partial charge in [-0.3, -0.25) is 4.99 Å². The first-order valence-electron chi connectivity index (χ1n) is 6.84. The van der Waals surface area contributed by atoms with Crippen LogP contribution in [0.5, 0.6) is 0 Å². The Morgan fingerprint density at radius 3 is 2.56 bits per heavy atom. The summed E-state index contributed by atoms with van der Waals surface area (Å²) in [6.07, 6.45) is 9.41. The lowest BCUT2D eigenvalue weighted by Gasteiger charge is -2.28. The maximum Gasteiger partial charge on any atom is 0.0601 e. The summed E-state index contributed by atoms with van der Waals surface area (Å²) >= 11 is 0. The van der Waals surface area contributed by atoms with E-state index in [0.717, 1.165) is 18.9 Å². The highest BCUT2D eigenvalue weighted by Gasteiger charge is 2.46. The van der Waals surface area contributed by atoms with Gasteiger partial charge in [0.1, 0.15) is 0 Å². The van der Waals surface area contributed by atoms with Gasteiger partial charge < -0.3 is 0 Å². The largest absolute Gasteiger partial charge is 0.290 e. The highest BCUT2D eigenvalue weighted by atomic mass is 14.7. The lowest BCUT2D eigenvalue weighted by Crippen LogP contribution is -2.18. The third kappa shape index (κ3) is 2.23. The highest BCUT2D eigenvalue weighted by molar-refractivity contribution is 5.81. The zero-order chi connectivity index (χ0) is 11.6. The van der Waals surface area contributed by atoms with E-state index >= 15 is 0 Å². The minimum absolute atomic E-state index is 0.501. The van der Waals surface area contributed by atoms with Gasteiger partial charge in [0.05, 0.1) is 6.54 Å². The fourth-order valence-corrected chi connectivity index (χ4v) is 3.53. The van der Waals surface area contributed by atoms with Crippen LogP contribution >= 0.6 is 0 Å². The van der Waals surface area contributed by atoms with Crippen molar-refractivity contribution in [3.8, 4) is 0 Å². The summed E-state index contributed by atoms with van der Waals surface area (Å²) in [7, 11) is 0. The van der Waals surface area contributed by atoms with Crippen molar-refractivity contribution >= 4 is 5.71 Å². The molecular formula is C15H25N. The van der Waals surface area contributed by atoms with Crippen molar-refractivity contribution in [2.45, 2.75) is 58.8 Å². The van der Waals surface area contributed by atoms with Gasteiger partial charge >= 0.3 is 0 Å². The molecule has 0 heterocycles. The number of nitrogens with zero attached hydrogens (tertiary/aromatic N) is 1. The summed E-state index contributed by atoms with van der Waals surface area (Å²) in [5.74, 6) is 1.01. The zero-order valence-corrected chi connectivity index (χ0v) is 10.9. The Labute approximate surface area is 100 Å². The maximum absolute atomic E-state index is 4.69. The van der Waals surface area contributed by atoms with Gasteiger partial charge in [-0.05, 0) is 62.4 Å². The third-order valence-electron chi connectivity index (χ3n) is 4.64. The molecule has 1 nitrogen and oxygen atoms in total. The Hall–Kier alpha value is -0.590. The zero-order valence-electron chi connectivity index (χ0n) is 10.9. The predicted octanol–water partition coefficient (Wildman–Crippen LogP) is 4.38. The number of aliphatic imine (C=N–C) groups is 1. The van der Waals surface area contributed by atoms with E-state index in [9.17, 15) is 0 Å². The predicted molar refractivity (Wildman–Crippen MR) is 71.0 cm³/mol. The van der Waals surface area contributed by atoms with Gasteiger partial charge in [0, 0.05) is 5.71 Å². The molecule has 2 bridgehead atoms. The average molecular weight is 219 g/mol. The molecule has 0 saturated heterocycles. The van der Waals surface area contributed by atoms with Crippen LogP contribution in [-0.4, -0.2) is 12.3 Å². The second-order valence-electron chi connectivity index (χ2n) is 5.83. The molecule has 0 spiro atoms. The van der Waals surface area contributed by atoms with E-state index in [2.05, 4.69) is 25.4 Å². The summed E-state index contributed by atoms with van der Waals surface area (Å²) < 4.78 is 0. The third-order valence-corrected chi connectivity index (χ3v) is 4.64. The van der Waals surface area contributed by atoms with E-state index in [4.69, 9.17) is 0 Å². The number of fused-ring (bicyclic) bond motifs is 2. The van der Waals surface area contributed by atoms with Crippen LogP contribution < -0.4 is 0 Å². The number of hydrogen-bond acceptors (Lipinski definition) is 1. The summed E-state index contributed by atoms with van der Waals surface area (Å²) in [6.45, 7) is 9.59. The molecule has 16 heavy (non-hydrogen) atoms. The molecule has 0 unspecified atom stereocenters. The Kier molecular flexibility index (Phi) is 3.51. The summed E-state index contributed by atoms with van der Waals surface area (Å²) in [6, 6.07) is 0. The van der Waals surface area contributed by atoms with Crippen LogP contribution in [0.2, 0.25) is 0 Å². The van der Waals surface area contributed by atoms with Crippen LogP contribution in [0.1, 0.15) is 58.8 Å². The van der Waals surface area contributed by atoms with Gasteiger partial charge in [-0.2, -0.15) is 0 Å². The molecule has 2 aliphatic rings. The fraction of sp³-hybridized carbons (Fsp3) is 0.800. The molecule has 0 aliphatic heterocycles. The first-order chi connectivity index (χ1) is 7.66. The molecule has 0 N–H and O–H groups in total. The van der Waals surface area contributed by atoms with Crippen molar-refractivity contribution < 1.29 is 0 Å². The maximum atomic E-state index is 4.69. The minimum atomic E-state index is 0.501. The first-order valence-corrected chi connectivity index (χ1v) is 6.84. The number of hydrogen-bond donors (Lipinski definition) is 0. The van der Waals surface area contributed by atoms with Gasteiger partial charge in [-0.15, -0.1) is 0 Å². The molecule has 2 aliphatic carbocycles. The van der Waals surface area contributed by atoms with Crippen LogP contribution in [0.25, 0.3) is 0 Å². The summed E-state index contributed by atoms with van der Waals surface area (Å²) in [5, 5.41) is 0. The van der Waals surface area contributed by atoms with Gasteiger partial charge in [-0.1, -0.05) is 19.9 Å². The minimum Gasteiger partial charge on any atom is -0.290 e. The summed E-state index contributed by atoms with van der Waals surface area (Å²) in [5.41, 5.74) is 3.22. The highest BCUT2D eigenvalue weighted by Crippen LogP contribution is 2.57. The van der Waals surface area contributed by atoms with E-state index in [-0.39, 0.29) is 0 Å². The first kappa shape index (κ1) is 11.9. The molecule has 0 amide bonds. The van der Waals surface area contributed by atoms with E-state index in [0.29, 0.717) is 5.41 Å². The fourth-order valence-electron chi connectivity index (χ4n) is 3.53. The van der Waals surface area contributed by atoms with Crippen molar-refractivity contribution in [3.63, 3.8) is 0 Å². The average Bonchev–Trinajstić information content (AvgIpc) is 2.87. The van der Waals surface area contributed by atoms with E-state index in [1.165, 1.54) is 49.8 Å². The van der Waals surface area contributed by atoms with Gasteiger partial charge in [0.2, 0.25) is 0 Å². The van der Waals surface area contributed by atoms with Crippen LogP contribution in [0, 0.1) is 11.3 Å². The van der Waals surface area contributed by atoms with Crippen molar-refractivity contribution in [1.82, 2.24) is 0 Å². The van der Waals surface area contributed by atoms with E-state index < -0.39 is 0 Å². The lowest BCUT2D eigenvalue weighted by molar-refractivity contribution is 0.356. The SMILES string of the molecule is C=C(C/N=C(\C)CCC)C12CCC(CC1)C2.